The van der Waals surface area contributed by atoms with Crippen LogP contribution in [0.15, 0.2) is 42.5 Å². The van der Waals surface area contributed by atoms with Crippen LogP contribution in [0.1, 0.15) is 74.5 Å². The van der Waals surface area contributed by atoms with Gasteiger partial charge in [0.1, 0.15) is 6.10 Å². The number of phenolic OH excluding ortho intramolecular Hbond substituents is 1. The number of amides is 1. The van der Waals surface area contributed by atoms with E-state index in [1.165, 1.54) is 24.0 Å². The maximum Gasteiger partial charge on any atom is 0.222 e. The van der Waals surface area contributed by atoms with Crippen LogP contribution in [0.5, 0.6) is 11.5 Å². The van der Waals surface area contributed by atoms with Gasteiger partial charge in [-0.2, -0.15) is 0 Å². The number of likely N-dealkylation sites (tertiary alicyclic amines) is 1. The molecule has 6 nitrogen and oxygen atoms in total. The first-order valence-electron chi connectivity index (χ1n) is 15.2. The largest absolute Gasteiger partial charge is 0.504 e. The Labute approximate surface area is 232 Å². The van der Waals surface area contributed by atoms with E-state index in [0.717, 1.165) is 69.5 Å². The van der Waals surface area contributed by atoms with E-state index in [1.54, 1.807) is 6.07 Å². The smallest absolute Gasteiger partial charge is 0.222 e. The van der Waals surface area contributed by atoms with Crippen molar-refractivity contribution in [1.82, 2.24) is 9.80 Å². The molecule has 2 saturated carbocycles. The zero-order chi connectivity index (χ0) is 26.8. The molecule has 2 heterocycles. The minimum absolute atomic E-state index is 0.0625. The molecule has 3 aliphatic carbocycles. The molecule has 2 aromatic carbocycles. The first-order chi connectivity index (χ1) is 18.9. The monoisotopic (exact) mass is 530 g/mol. The van der Waals surface area contributed by atoms with Gasteiger partial charge in [0.25, 0.3) is 0 Å². The van der Waals surface area contributed by atoms with Crippen molar-refractivity contribution in [2.24, 2.45) is 5.92 Å². The van der Waals surface area contributed by atoms with Crippen molar-refractivity contribution >= 4 is 5.91 Å². The fourth-order valence-corrected chi connectivity index (χ4v) is 8.64. The Kier molecular flexibility index (Phi) is 6.20. The van der Waals surface area contributed by atoms with E-state index in [2.05, 4.69) is 29.2 Å². The number of nitrogens with zero attached hydrogens (tertiary/aromatic N) is 2. The molecule has 2 bridgehead atoms. The number of likely N-dealkylation sites (N-methyl/N-ethyl adjacent to an activating group) is 1. The standard InChI is InChI=1S/C33H42N2O4/c1-34(28(37)11-7-3-6-10-22-8-4-2-5-9-22)25-16-17-33(38)27-20-24-14-15-26(36)30-29(24)32(33,31(25)39-30)18-19-35(27)21-23-12-13-23/h2,4-5,8-9,14-15,23,25,27,31,36,38H,3,6-7,10-13,16-21H2,1H3/t25-,27+,31+,32+,33-/m1/s1. The number of aliphatic hydroxyl groups is 1. The van der Waals surface area contributed by atoms with Crippen molar-refractivity contribution in [1.29, 1.82) is 0 Å². The summed E-state index contributed by atoms with van der Waals surface area (Å²) in [5.74, 6) is 1.63. The van der Waals surface area contributed by atoms with Crippen LogP contribution in [-0.2, 0) is 23.1 Å². The lowest BCUT2D eigenvalue weighted by atomic mass is 9.48. The molecule has 1 amide bonds. The third-order valence-electron chi connectivity index (χ3n) is 10.8. The molecule has 2 aromatic rings. The average Bonchev–Trinajstić information content (AvgIpc) is 3.68. The maximum atomic E-state index is 13.4. The molecular weight excluding hydrogens is 488 g/mol. The molecule has 208 valence electrons. The number of aryl methyl sites for hydroxylation is 1. The summed E-state index contributed by atoms with van der Waals surface area (Å²) >= 11 is 0. The number of aromatic hydroxyl groups is 1. The van der Waals surface area contributed by atoms with E-state index in [0.29, 0.717) is 18.6 Å². The van der Waals surface area contributed by atoms with Crippen LogP contribution in [0.2, 0.25) is 0 Å². The van der Waals surface area contributed by atoms with Gasteiger partial charge < -0.3 is 19.8 Å². The Balaban J connectivity index is 1.10. The van der Waals surface area contributed by atoms with E-state index >= 15 is 0 Å². The topological polar surface area (TPSA) is 73.2 Å². The number of benzene rings is 2. The van der Waals surface area contributed by atoms with Gasteiger partial charge in [-0.05, 0) is 87.4 Å². The van der Waals surface area contributed by atoms with Gasteiger partial charge in [-0.25, -0.2) is 0 Å². The van der Waals surface area contributed by atoms with Gasteiger partial charge in [-0.15, -0.1) is 0 Å². The average molecular weight is 531 g/mol. The molecule has 1 spiro atoms. The SMILES string of the molecule is CN(C(=O)CCCCCc1ccccc1)[C@@H]1CC[C@@]2(O)[C@@H]3Cc4ccc(O)c5c4[C@@]2(CCN3CC2CC2)[C@H]1O5. The summed E-state index contributed by atoms with van der Waals surface area (Å²) in [5.41, 5.74) is 2.10. The van der Waals surface area contributed by atoms with E-state index in [9.17, 15) is 15.0 Å². The first-order valence-corrected chi connectivity index (χ1v) is 15.2. The van der Waals surface area contributed by atoms with Gasteiger partial charge >= 0.3 is 0 Å². The van der Waals surface area contributed by atoms with Crippen LogP contribution in [0.25, 0.3) is 0 Å². The van der Waals surface area contributed by atoms with Crippen molar-refractivity contribution in [3.63, 3.8) is 0 Å². The first kappa shape index (κ1) is 25.4. The van der Waals surface area contributed by atoms with Gasteiger partial charge in [-0.3, -0.25) is 9.69 Å². The third kappa shape index (κ3) is 3.93. The normalized spacial score (nSPS) is 32.4. The van der Waals surface area contributed by atoms with Crippen LogP contribution >= 0.6 is 0 Å². The number of carbonyl (C=O) groups is 1. The van der Waals surface area contributed by atoms with Crippen molar-refractivity contribution < 1.29 is 19.7 Å². The van der Waals surface area contributed by atoms with Crippen molar-refractivity contribution in [2.45, 2.75) is 99.8 Å². The van der Waals surface area contributed by atoms with E-state index in [1.807, 2.05) is 24.1 Å². The van der Waals surface area contributed by atoms with Gasteiger partial charge in [0.2, 0.25) is 5.91 Å². The summed E-state index contributed by atoms with van der Waals surface area (Å²) in [6, 6.07) is 14.3. The van der Waals surface area contributed by atoms with E-state index < -0.39 is 11.0 Å². The van der Waals surface area contributed by atoms with Crippen molar-refractivity contribution in [2.75, 3.05) is 20.1 Å². The number of carbonyl (C=O) groups excluding carboxylic acids is 1. The number of piperidine rings is 1. The van der Waals surface area contributed by atoms with Gasteiger partial charge in [0.15, 0.2) is 11.5 Å². The van der Waals surface area contributed by atoms with E-state index in [-0.39, 0.29) is 29.8 Å². The highest BCUT2D eigenvalue weighted by Crippen LogP contribution is 2.66. The maximum absolute atomic E-state index is 13.4. The number of unbranched alkanes of at least 4 members (excludes halogenated alkanes) is 2. The fourth-order valence-electron chi connectivity index (χ4n) is 8.64. The predicted octanol–water partition coefficient (Wildman–Crippen LogP) is 4.59. The lowest BCUT2D eigenvalue weighted by Gasteiger charge is -2.64. The summed E-state index contributed by atoms with van der Waals surface area (Å²) < 4.78 is 6.66. The molecule has 0 radical (unpaired) electrons. The summed E-state index contributed by atoms with van der Waals surface area (Å²) in [6.45, 7) is 2.00. The second kappa shape index (κ2) is 9.52. The Morgan fingerprint density at radius 1 is 1.08 bits per heavy atom. The molecule has 2 N–H and O–H groups in total. The van der Waals surface area contributed by atoms with Gasteiger partial charge in [-0.1, -0.05) is 42.8 Å². The highest BCUT2D eigenvalue weighted by atomic mass is 16.5. The fraction of sp³-hybridized carbons (Fsp3) is 0.606. The Morgan fingerprint density at radius 2 is 1.90 bits per heavy atom. The van der Waals surface area contributed by atoms with Crippen LogP contribution in [0, 0.1) is 5.92 Å². The molecule has 2 aliphatic heterocycles. The summed E-state index contributed by atoms with van der Waals surface area (Å²) in [4.78, 5) is 17.9. The predicted molar refractivity (Wildman–Crippen MR) is 150 cm³/mol. The van der Waals surface area contributed by atoms with Crippen molar-refractivity contribution in [3.05, 3.63) is 59.2 Å². The van der Waals surface area contributed by atoms with Gasteiger partial charge in [0, 0.05) is 31.6 Å². The van der Waals surface area contributed by atoms with Crippen molar-refractivity contribution in [3.8, 4) is 11.5 Å². The molecule has 6 heteroatoms. The minimum atomic E-state index is -0.908. The van der Waals surface area contributed by atoms with E-state index in [4.69, 9.17) is 4.74 Å². The molecule has 1 saturated heterocycles. The summed E-state index contributed by atoms with van der Waals surface area (Å²) in [7, 11) is 1.92. The second-order valence-corrected chi connectivity index (χ2v) is 12.9. The highest BCUT2D eigenvalue weighted by Gasteiger charge is 2.73. The number of hydrogen-bond donors (Lipinski definition) is 2. The zero-order valence-electron chi connectivity index (χ0n) is 23.1. The molecular formula is C33H42N2O4. The van der Waals surface area contributed by atoms with Crippen LogP contribution in [-0.4, -0.2) is 69.8 Å². The molecule has 0 unspecified atom stereocenters. The summed E-state index contributed by atoms with van der Waals surface area (Å²) in [6.07, 6.45) is 9.83. The summed E-state index contributed by atoms with van der Waals surface area (Å²) in [5, 5.41) is 23.5. The molecule has 7 rings (SSSR count). The number of rotatable bonds is 9. The number of ether oxygens (including phenoxy) is 1. The number of hydrogen-bond acceptors (Lipinski definition) is 5. The molecule has 3 fully saturated rings. The van der Waals surface area contributed by atoms with Gasteiger partial charge in [0.05, 0.1) is 17.1 Å². The molecule has 39 heavy (non-hydrogen) atoms. The molecule has 0 aromatic heterocycles. The quantitative estimate of drug-likeness (QED) is 0.464. The van der Waals surface area contributed by atoms with Crippen LogP contribution in [0.4, 0.5) is 0 Å². The lowest BCUT2D eigenvalue weighted by molar-refractivity contribution is -0.200. The Hall–Kier alpha value is -2.57. The molecule has 5 atom stereocenters. The number of phenols is 1. The highest BCUT2D eigenvalue weighted by molar-refractivity contribution is 5.76. The Morgan fingerprint density at radius 3 is 2.69 bits per heavy atom. The third-order valence-corrected chi connectivity index (χ3v) is 10.8. The zero-order valence-corrected chi connectivity index (χ0v) is 23.1. The second-order valence-electron chi connectivity index (χ2n) is 12.9. The molecule has 5 aliphatic rings. The lowest BCUT2D eigenvalue weighted by Crippen LogP contribution is -2.78. The van der Waals surface area contributed by atoms with Crippen LogP contribution < -0.4 is 4.74 Å². The van der Waals surface area contributed by atoms with Crippen LogP contribution in [0.3, 0.4) is 0 Å². The minimum Gasteiger partial charge on any atom is -0.504 e. The Bertz CT molecular complexity index is 1250.